The molecule has 0 spiro atoms. The van der Waals surface area contributed by atoms with E-state index in [1.807, 2.05) is 25.7 Å². The molecule has 1 unspecified atom stereocenters. The highest BCUT2D eigenvalue weighted by Crippen LogP contribution is 2.25. The molecule has 0 rings (SSSR count). The molecule has 0 amide bonds. The van der Waals surface area contributed by atoms with Crippen molar-refractivity contribution in [2.75, 3.05) is 87.9 Å². The minimum atomic E-state index is -0.710. The summed E-state index contributed by atoms with van der Waals surface area (Å²) in [5, 5.41) is 0. The van der Waals surface area contributed by atoms with Gasteiger partial charge in [0.05, 0.1) is 61.7 Å². The summed E-state index contributed by atoms with van der Waals surface area (Å²) >= 11 is 0. The first kappa shape index (κ1) is 33.2. The molecule has 0 saturated carbocycles. The second-order valence-corrected chi connectivity index (χ2v) is 9.05. The maximum Gasteiger partial charge on any atom is 0.323 e. The number of hydrogen-bond acceptors (Lipinski definition) is 13. The van der Waals surface area contributed by atoms with E-state index in [0.717, 1.165) is 0 Å². The summed E-state index contributed by atoms with van der Waals surface area (Å²) < 4.78 is 23.9. The first-order valence-corrected chi connectivity index (χ1v) is 11.4. The Kier molecular flexibility index (Phi) is 15.5. The Morgan fingerprint density at radius 2 is 0.861 bits per heavy atom. The minimum absolute atomic E-state index is 0.158. The Hall–Kier alpha value is -2.77. The molecular formula is C23H41N3O10. The van der Waals surface area contributed by atoms with Crippen LogP contribution >= 0.6 is 0 Å². The van der Waals surface area contributed by atoms with Crippen LogP contribution in [0, 0.1) is 5.41 Å². The fourth-order valence-electron chi connectivity index (χ4n) is 3.49. The van der Waals surface area contributed by atoms with Gasteiger partial charge in [0.1, 0.15) is 6.04 Å². The smallest absolute Gasteiger partial charge is 0.323 e. The summed E-state index contributed by atoms with van der Waals surface area (Å²) in [6.07, 6.45) is 0. The lowest BCUT2D eigenvalue weighted by molar-refractivity contribution is -0.153. The van der Waals surface area contributed by atoms with Gasteiger partial charge in [-0.1, -0.05) is 20.8 Å². The lowest BCUT2D eigenvalue weighted by atomic mass is 9.85. The molecule has 0 bridgehead atoms. The summed E-state index contributed by atoms with van der Waals surface area (Å²) in [5.74, 6) is -2.61. The zero-order valence-corrected chi connectivity index (χ0v) is 22.7. The molecule has 13 heteroatoms. The number of hydrogen-bond donors (Lipinski definition) is 0. The van der Waals surface area contributed by atoms with E-state index in [9.17, 15) is 24.0 Å². The topological polar surface area (TPSA) is 141 Å². The molecule has 0 aromatic carbocycles. The van der Waals surface area contributed by atoms with Crippen molar-refractivity contribution in [3.8, 4) is 0 Å². The molecular weight excluding hydrogens is 478 g/mol. The van der Waals surface area contributed by atoms with Crippen LogP contribution in [0.2, 0.25) is 0 Å². The molecule has 0 aliphatic rings. The van der Waals surface area contributed by atoms with Crippen molar-refractivity contribution in [2.24, 2.45) is 5.41 Å². The highest BCUT2D eigenvalue weighted by molar-refractivity contribution is 5.77. The molecule has 0 radical (unpaired) electrons. The van der Waals surface area contributed by atoms with Crippen LogP contribution in [0.1, 0.15) is 20.8 Å². The number of esters is 5. The highest BCUT2D eigenvalue weighted by Gasteiger charge is 2.37. The van der Waals surface area contributed by atoms with Crippen molar-refractivity contribution < 1.29 is 47.7 Å². The molecule has 208 valence electrons. The maximum atomic E-state index is 12.8. The van der Waals surface area contributed by atoms with Crippen LogP contribution in [0.5, 0.6) is 0 Å². The van der Waals surface area contributed by atoms with Crippen molar-refractivity contribution in [2.45, 2.75) is 26.8 Å². The monoisotopic (exact) mass is 519 g/mol. The van der Waals surface area contributed by atoms with Gasteiger partial charge in [-0.05, 0) is 5.41 Å². The molecule has 0 heterocycles. The van der Waals surface area contributed by atoms with Crippen LogP contribution in [0.3, 0.4) is 0 Å². The Morgan fingerprint density at radius 3 is 1.08 bits per heavy atom. The molecule has 0 aromatic heterocycles. The van der Waals surface area contributed by atoms with Crippen molar-refractivity contribution in [3.63, 3.8) is 0 Å². The van der Waals surface area contributed by atoms with Crippen LogP contribution in [-0.4, -0.2) is 138 Å². The third kappa shape index (κ3) is 12.8. The highest BCUT2D eigenvalue weighted by atomic mass is 16.5. The first-order valence-electron chi connectivity index (χ1n) is 11.4. The number of carbonyl (C=O) groups is 5. The van der Waals surface area contributed by atoms with Crippen LogP contribution in [-0.2, 0) is 47.7 Å². The third-order valence-corrected chi connectivity index (χ3v) is 5.34. The Morgan fingerprint density at radius 1 is 0.556 bits per heavy atom. The Labute approximate surface area is 212 Å². The van der Waals surface area contributed by atoms with Gasteiger partial charge in [0.25, 0.3) is 0 Å². The number of rotatable bonds is 16. The number of nitrogens with zero attached hydrogens (tertiary/aromatic N) is 3. The van der Waals surface area contributed by atoms with Crippen molar-refractivity contribution in [3.05, 3.63) is 0 Å². The van der Waals surface area contributed by atoms with E-state index in [2.05, 4.69) is 0 Å². The van der Waals surface area contributed by atoms with Gasteiger partial charge in [-0.15, -0.1) is 0 Å². The van der Waals surface area contributed by atoms with Gasteiger partial charge in [0.2, 0.25) is 0 Å². The maximum absolute atomic E-state index is 12.8. The van der Waals surface area contributed by atoms with Gasteiger partial charge in [0, 0.05) is 26.2 Å². The van der Waals surface area contributed by atoms with Gasteiger partial charge in [-0.3, -0.25) is 38.7 Å². The lowest BCUT2D eigenvalue weighted by Gasteiger charge is -2.39. The normalized spacial score (nSPS) is 12.3. The molecule has 0 aliphatic heterocycles. The number of ether oxygens (including phenoxy) is 5. The summed E-state index contributed by atoms with van der Waals surface area (Å²) in [6.45, 7) is 5.91. The van der Waals surface area contributed by atoms with Gasteiger partial charge in [-0.25, -0.2) is 0 Å². The van der Waals surface area contributed by atoms with E-state index in [-0.39, 0.29) is 52.4 Å². The fraction of sp³-hybridized carbons (Fsp3) is 0.783. The van der Waals surface area contributed by atoms with E-state index in [1.165, 1.54) is 35.5 Å². The quantitative estimate of drug-likeness (QED) is 0.185. The van der Waals surface area contributed by atoms with Gasteiger partial charge < -0.3 is 23.7 Å². The van der Waals surface area contributed by atoms with Gasteiger partial charge in [-0.2, -0.15) is 0 Å². The Balaban J connectivity index is 5.90. The summed E-state index contributed by atoms with van der Waals surface area (Å²) in [6, 6.07) is -0.710. The summed E-state index contributed by atoms with van der Waals surface area (Å²) in [5.41, 5.74) is -0.557. The molecule has 13 nitrogen and oxygen atoms in total. The second kappa shape index (κ2) is 16.8. The van der Waals surface area contributed by atoms with Crippen LogP contribution < -0.4 is 0 Å². The predicted molar refractivity (Wildman–Crippen MR) is 128 cm³/mol. The standard InChI is InChI=1S/C23H41N3O10/c1-23(2,3)21(22(31)36-8)26(11-9-24(13-17(27)32-4)14-18(28)33-5)12-10-25(15-19(29)34-6)16-20(30)35-7/h21H,9-16H2,1-8H3. The molecule has 36 heavy (non-hydrogen) atoms. The summed E-state index contributed by atoms with van der Waals surface area (Å²) in [4.78, 5) is 65.2. The minimum Gasteiger partial charge on any atom is -0.468 e. The summed E-state index contributed by atoms with van der Waals surface area (Å²) in [7, 11) is 6.27. The molecule has 0 fully saturated rings. The zero-order valence-electron chi connectivity index (χ0n) is 22.7. The second-order valence-electron chi connectivity index (χ2n) is 9.05. The van der Waals surface area contributed by atoms with Crippen molar-refractivity contribution >= 4 is 29.8 Å². The molecule has 0 saturated heterocycles. The van der Waals surface area contributed by atoms with Crippen molar-refractivity contribution in [1.82, 2.24) is 14.7 Å². The third-order valence-electron chi connectivity index (χ3n) is 5.34. The molecule has 0 aliphatic carbocycles. The SMILES string of the molecule is COC(=O)CN(CCN(CCN(CC(=O)OC)CC(=O)OC)C(C(=O)OC)C(C)(C)C)CC(=O)OC. The Bertz CT molecular complexity index is 658. The molecule has 0 aromatic rings. The van der Waals surface area contributed by atoms with Crippen LogP contribution in [0.4, 0.5) is 0 Å². The zero-order chi connectivity index (χ0) is 27.9. The van der Waals surface area contributed by atoms with E-state index in [1.54, 1.807) is 9.80 Å². The number of methoxy groups -OCH3 is 5. The average molecular weight is 520 g/mol. The van der Waals surface area contributed by atoms with E-state index >= 15 is 0 Å². The molecule has 0 N–H and O–H groups in total. The van der Waals surface area contributed by atoms with E-state index in [4.69, 9.17) is 23.7 Å². The largest absolute Gasteiger partial charge is 0.468 e. The van der Waals surface area contributed by atoms with Crippen LogP contribution in [0.25, 0.3) is 0 Å². The fourth-order valence-corrected chi connectivity index (χ4v) is 3.49. The van der Waals surface area contributed by atoms with Crippen LogP contribution in [0.15, 0.2) is 0 Å². The first-order chi connectivity index (χ1) is 16.8. The number of carbonyl (C=O) groups excluding carboxylic acids is 5. The van der Waals surface area contributed by atoms with E-state index in [0.29, 0.717) is 0 Å². The van der Waals surface area contributed by atoms with Gasteiger partial charge >= 0.3 is 29.8 Å². The van der Waals surface area contributed by atoms with Crippen molar-refractivity contribution in [1.29, 1.82) is 0 Å². The lowest BCUT2D eigenvalue weighted by Crippen LogP contribution is -2.54. The van der Waals surface area contributed by atoms with E-state index < -0.39 is 41.3 Å². The molecule has 1 atom stereocenters. The average Bonchev–Trinajstić information content (AvgIpc) is 2.83. The predicted octanol–water partition coefficient (Wildman–Crippen LogP) is -0.828. The van der Waals surface area contributed by atoms with Gasteiger partial charge in [0.15, 0.2) is 0 Å².